The highest BCUT2D eigenvalue weighted by atomic mass is 19.1. The zero-order valence-electron chi connectivity index (χ0n) is 9.20. The van der Waals surface area contributed by atoms with Crippen molar-refractivity contribution in [3.05, 3.63) is 23.8 Å². The van der Waals surface area contributed by atoms with Crippen LogP contribution in [0.5, 0.6) is 0 Å². The largest absolute Gasteiger partial charge is 0.296 e. The van der Waals surface area contributed by atoms with Gasteiger partial charge in [0.1, 0.15) is 6.67 Å². The van der Waals surface area contributed by atoms with Crippen LogP contribution >= 0.6 is 0 Å². The summed E-state index contributed by atoms with van der Waals surface area (Å²) >= 11 is 0. The van der Waals surface area contributed by atoms with Crippen LogP contribution in [0, 0.1) is 5.92 Å². The molecule has 2 nitrogen and oxygen atoms in total. The first-order valence-corrected chi connectivity index (χ1v) is 4.71. The molecule has 0 aliphatic carbocycles. The van der Waals surface area contributed by atoms with Crippen molar-refractivity contribution < 1.29 is 4.39 Å². The summed E-state index contributed by atoms with van der Waals surface area (Å²) in [7, 11) is 1.84. The van der Waals surface area contributed by atoms with Crippen molar-refractivity contribution >= 4 is 6.72 Å². The zero-order valence-corrected chi connectivity index (χ0v) is 9.20. The molecule has 0 aromatic rings. The van der Waals surface area contributed by atoms with Gasteiger partial charge in [-0.05, 0) is 11.5 Å². The first-order valence-electron chi connectivity index (χ1n) is 4.71. The zero-order chi connectivity index (χ0) is 11.0. The Morgan fingerprint density at radius 2 is 2.21 bits per heavy atom. The van der Waals surface area contributed by atoms with Crippen molar-refractivity contribution in [2.75, 3.05) is 20.3 Å². The maximum absolute atomic E-state index is 11.9. The normalized spacial score (nSPS) is 12.5. The predicted octanol–water partition coefficient (Wildman–Crippen LogP) is 2.64. The van der Waals surface area contributed by atoms with E-state index in [4.69, 9.17) is 0 Å². The van der Waals surface area contributed by atoms with E-state index < -0.39 is 6.67 Å². The molecular formula is C11H19FN2. The Labute approximate surface area is 85.8 Å². The van der Waals surface area contributed by atoms with Crippen LogP contribution in [0.4, 0.5) is 4.39 Å². The minimum Gasteiger partial charge on any atom is -0.296 e. The first kappa shape index (κ1) is 12.9. The molecule has 0 bridgehead atoms. The molecule has 0 radical (unpaired) electrons. The third kappa shape index (κ3) is 6.40. The lowest BCUT2D eigenvalue weighted by molar-refractivity contribution is 0.391. The van der Waals surface area contributed by atoms with Gasteiger partial charge in [0.2, 0.25) is 0 Å². The van der Waals surface area contributed by atoms with Crippen molar-refractivity contribution in [2.24, 2.45) is 11.0 Å². The molecule has 0 aromatic heterocycles. The topological polar surface area (TPSA) is 15.6 Å². The molecule has 0 amide bonds. The minimum absolute atomic E-state index is 0.430. The van der Waals surface area contributed by atoms with Gasteiger partial charge in [-0.1, -0.05) is 32.1 Å². The number of rotatable bonds is 6. The van der Waals surface area contributed by atoms with Crippen LogP contribution in [-0.4, -0.2) is 32.0 Å². The molecule has 0 N–H and O–H groups in total. The Hall–Kier alpha value is -1.12. The maximum Gasteiger partial charge on any atom is 0.108 e. The lowest BCUT2D eigenvalue weighted by Crippen LogP contribution is -2.13. The summed E-state index contributed by atoms with van der Waals surface area (Å²) < 4.78 is 11.9. The lowest BCUT2D eigenvalue weighted by atomic mass is 10.1. The SMILES string of the molecule is C=NN(C)CC(/C=C\CF)=C/C(C)C. The fraction of sp³-hybridized carbons (Fsp3) is 0.545. The summed E-state index contributed by atoms with van der Waals surface area (Å²) in [6, 6.07) is 0. The number of hydrogen-bond acceptors (Lipinski definition) is 2. The fourth-order valence-corrected chi connectivity index (χ4v) is 1.10. The third-order valence-corrected chi connectivity index (χ3v) is 1.62. The Morgan fingerprint density at radius 1 is 1.57 bits per heavy atom. The van der Waals surface area contributed by atoms with E-state index in [1.165, 1.54) is 6.08 Å². The Balaban J connectivity index is 4.39. The third-order valence-electron chi connectivity index (χ3n) is 1.62. The summed E-state index contributed by atoms with van der Waals surface area (Å²) in [5, 5.41) is 5.48. The van der Waals surface area contributed by atoms with E-state index in [0.717, 1.165) is 5.57 Å². The lowest BCUT2D eigenvalue weighted by Gasteiger charge is -2.13. The van der Waals surface area contributed by atoms with Crippen molar-refractivity contribution in [1.82, 2.24) is 5.01 Å². The van der Waals surface area contributed by atoms with Crippen LogP contribution in [0.3, 0.4) is 0 Å². The van der Waals surface area contributed by atoms with Crippen molar-refractivity contribution in [1.29, 1.82) is 0 Å². The summed E-state index contributed by atoms with van der Waals surface area (Å²) in [6.07, 6.45) is 5.39. The number of halogens is 1. The quantitative estimate of drug-likeness (QED) is 0.364. The van der Waals surface area contributed by atoms with E-state index in [-0.39, 0.29) is 0 Å². The smallest absolute Gasteiger partial charge is 0.108 e. The van der Waals surface area contributed by atoms with Crippen molar-refractivity contribution in [3.63, 3.8) is 0 Å². The minimum atomic E-state index is -0.430. The highest BCUT2D eigenvalue weighted by Gasteiger charge is 1.98. The predicted molar refractivity (Wildman–Crippen MR) is 60.2 cm³/mol. The standard InChI is InChI=1S/C11H19FN2/c1-10(2)8-11(6-5-7-12)9-14(4)13-3/h5-6,8,10H,3,7,9H2,1-2,4H3/b6-5-,11-8+. The number of likely N-dealkylation sites (N-methyl/N-ethyl adjacent to an activating group) is 1. The van der Waals surface area contributed by atoms with Crippen molar-refractivity contribution in [2.45, 2.75) is 13.8 Å². The molecule has 0 heterocycles. The van der Waals surface area contributed by atoms with Gasteiger partial charge in [-0.3, -0.25) is 5.01 Å². The molecular weight excluding hydrogens is 179 g/mol. The van der Waals surface area contributed by atoms with Gasteiger partial charge in [-0.15, -0.1) is 0 Å². The number of alkyl halides is 1. The molecule has 0 aliphatic rings. The molecule has 3 heteroatoms. The second-order valence-corrected chi connectivity index (χ2v) is 3.50. The average Bonchev–Trinajstić information content (AvgIpc) is 2.13. The summed E-state index contributed by atoms with van der Waals surface area (Å²) in [4.78, 5) is 0. The number of hydrazone groups is 1. The summed E-state index contributed by atoms with van der Waals surface area (Å²) in [5.74, 6) is 0.451. The van der Waals surface area contributed by atoms with E-state index in [1.54, 1.807) is 11.1 Å². The van der Waals surface area contributed by atoms with Gasteiger partial charge >= 0.3 is 0 Å². The second-order valence-electron chi connectivity index (χ2n) is 3.50. The van der Waals surface area contributed by atoms with E-state index in [1.807, 2.05) is 7.05 Å². The van der Waals surface area contributed by atoms with Crippen molar-refractivity contribution in [3.8, 4) is 0 Å². The molecule has 0 rings (SSSR count). The van der Waals surface area contributed by atoms with Crippen LogP contribution in [0.25, 0.3) is 0 Å². The van der Waals surface area contributed by atoms with E-state index in [2.05, 4.69) is 31.7 Å². The summed E-state index contributed by atoms with van der Waals surface area (Å²) in [6.45, 7) is 7.83. The number of nitrogens with zero attached hydrogens (tertiary/aromatic N) is 2. The van der Waals surface area contributed by atoms with Crippen LogP contribution in [-0.2, 0) is 0 Å². The van der Waals surface area contributed by atoms with Crippen LogP contribution < -0.4 is 0 Å². The van der Waals surface area contributed by atoms with Gasteiger partial charge < -0.3 is 0 Å². The van der Waals surface area contributed by atoms with Gasteiger partial charge in [-0.2, -0.15) is 5.10 Å². The highest BCUT2D eigenvalue weighted by molar-refractivity contribution is 5.24. The van der Waals surface area contributed by atoms with Gasteiger partial charge in [0, 0.05) is 13.8 Å². The van der Waals surface area contributed by atoms with Gasteiger partial charge in [0.15, 0.2) is 0 Å². The van der Waals surface area contributed by atoms with Gasteiger partial charge in [0.05, 0.1) is 6.54 Å². The molecule has 14 heavy (non-hydrogen) atoms. The molecule has 0 aliphatic heterocycles. The highest BCUT2D eigenvalue weighted by Crippen LogP contribution is 2.06. The number of allylic oxidation sites excluding steroid dienone is 2. The maximum atomic E-state index is 11.9. The van der Waals surface area contributed by atoms with E-state index in [0.29, 0.717) is 12.5 Å². The second kappa shape index (κ2) is 7.30. The average molecular weight is 198 g/mol. The molecule has 0 atom stereocenters. The molecule has 0 fully saturated rings. The van der Waals surface area contributed by atoms with Crippen LogP contribution in [0.2, 0.25) is 0 Å². The van der Waals surface area contributed by atoms with Crippen LogP contribution in [0.1, 0.15) is 13.8 Å². The number of hydrogen-bond donors (Lipinski definition) is 0. The monoisotopic (exact) mass is 198 g/mol. The van der Waals surface area contributed by atoms with Gasteiger partial charge in [-0.25, -0.2) is 4.39 Å². The van der Waals surface area contributed by atoms with E-state index in [9.17, 15) is 4.39 Å². The van der Waals surface area contributed by atoms with Gasteiger partial charge in [0.25, 0.3) is 0 Å². The molecule has 0 saturated carbocycles. The Bertz CT molecular complexity index is 219. The molecule has 80 valence electrons. The fourth-order valence-electron chi connectivity index (χ4n) is 1.10. The first-order chi connectivity index (χ1) is 6.60. The summed E-state index contributed by atoms with van der Waals surface area (Å²) in [5.41, 5.74) is 1.06. The molecule has 0 spiro atoms. The Morgan fingerprint density at radius 3 is 2.64 bits per heavy atom. The molecule has 0 saturated heterocycles. The Kier molecular flexibility index (Phi) is 6.72. The molecule has 0 unspecified atom stereocenters. The molecule has 0 aromatic carbocycles. The van der Waals surface area contributed by atoms with Crippen LogP contribution in [0.15, 0.2) is 28.9 Å². The van der Waals surface area contributed by atoms with E-state index >= 15 is 0 Å².